The molecule has 2 rings (SSSR count). The molecule has 63 valence electrons. The van der Waals surface area contributed by atoms with E-state index in [1.807, 2.05) is 12.1 Å². The Morgan fingerprint density at radius 1 is 1.58 bits per heavy atom. The Morgan fingerprint density at radius 3 is 3.33 bits per heavy atom. The maximum Gasteiger partial charge on any atom is 0.125 e. The lowest BCUT2D eigenvalue weighted by Gasteiger charge is -2.15. The van der Waals surface area contributed by atoms with E-state index in [0.717, 1.165) is 28.8 Å². The SMILES string of the molecule is O=S=S1CCCc2[c]cccc21. The molecule has 1 aliphatic heterocycles. The van der Waals surface area contributed by atoms with E-state index in [1.54, 1.807) is 0 Å². The highest BCUT2D eigenvalue weighted by Gasteiger charge is 2.12. The Morgan fingerprint density at radius 2 is 2.50 bits per heavy atom. The summed E-state index contributed by atoms with van der Waals surface area (Å²) in [4.78, 5) is 1.24. The van der Waals surface area contributed by atoms with Crippen molar-refractivity contribution in [3.05, 3.63) is 29.8 Å². The summed E-state index contributed by atoms with van der Waals surface area (Å²) in [6.07, 6.45) is 2.24. The van der Waals surface area contributed by atoms with Crippen molar-refractivity contribution in [3.63, 3.8) is 0 Å². The van der Waals surface area contributed by atoms with Gasteiger partial charge in [-0.05, 0) is 30.5 Å². The fourth-order valence-corrected chi connectivity index (χ4v) is 4.11. The Bertz CT molecular complexity index is 353. The topological polar surface area (TPSA) is 17.1 Å². The zero-order chi connectivity index (χ0) is 8.39. The molecule has 1 atom stereocenters. The molecule has 0 fully saturated rings. The molecule has 0 N–H and O–H groups in total. The molecule has 1 aromatic carbocycles. The van der Waals surface area contributed by atoms with Gasteiger partial charge in [0.1, 0.15) is 10.2 Å². The van der Waals surface area contributed by atoms with Crippen LogP contribution in [0.4, 0.5) is 0 Å². The van der Waals surface area contributed by atoms with Crippen LogP contribution in [0.15, 0.2) is 23.1 Å². The van der Waals surface area contributed by atoms with Crippen molar-refractivity contribution in [1.82, 2.24) is 0 Å². The molecular weight excluding hydrogens is 188 g/mol. The second-order valence-corrected chi connectivity index (χ2v) is 6.02. The summed E-state index contributed by atoms with van der Waals surface area (Å²) >= 11 is 0. The number of hydrogen-bond donors (Lipinski definition) is 0. The number of rotatable bonds is 0. The van der Waals surface area contributed by atoms with Gasteiger partial charge in [0.05, 0.1) is 0 Å². The first-order valence-corrected chi connectivity index (χ1v) is 6.58. The summed E-state index contributed by atoms with van der Waals surface area (Å²) in [6, 6.07) is 9.18. The molecule has 0 aromatic heterocycles. The molecule has 1 aliphatic rings. The van der Waals surface area contributed by atoms with E-state index in [-0.39, 0.29) is 9.45 Å². The van der Waals surface area contributed by atoms with Gasteiger partial charge in [-0.1, -0.05) is 21.6 Å². The maximum atomic E-state index is 10.8. The number of benzene rings is 1. The largest absolute Gasteiger partial charge is 0.205 e. The van der Waals surface area contributed by atoms with Gasteiger partial charge in [0.15, 0.2) is 0 Å². The molecule has 0 bridgehead atoms. The zero-order valence-electron chi connectivity index (χ0n) is 6.58. The molecule has 0 aliphatic carbocycles. The molecule has 12 heavy (non-hydrogen) atoms. The summed E-state index contributed by atoms with van der Waals surface area (Å²) in [5, 5.41) is 0. The first-order valence-electron chi connectivity index (χ1n) is 3.92. The van der Waals surface area contributed by atoms with Gasteiger partial charge in [0, 0.05) is 10.6 Å². The van der Waals surface area contributed by atoms with Crippen molar-refractivity contribution in [2.75, 3.05) is 5.75 Å². The van der Waals surface area contributed by atoms with Crippen LogP contribution in [-0.4, -0.2) is 9.96 Å². The third-order valence-corrected chi connectivity index (χ3v) is 5.21. The van der Waals surface area contributed by atoms with Gasteiger partial charge in [-0.2, -0.15) is 0 Å². The molecule has 1 aromatic rings. The third-order valence-electron chi connectivity index (χ3n) is 1.98. The van der Waals surface area contributed by atoms with E-state index in [1.165, 1.54) is 10.5 Å². The lowest BCUT2D eigenvalue weighted by atomic mass is 10.1. The van der Waals surface area contributed by atoms with Gasteiger partial charge in [-0.15, -0.1) is 0 Å². The van der Waals surface area contributed by atoms with E-state index in [0.29, 0.717) is 0 Å². The van der Waals surface area contributed by atoms with Crippen LogP contribution < -0.4 is 0 Å². The van der Waals surface area contributed by atoms with Crippen LogP contribution in [0.5, 0.6) is 0 Å². The fourth-order valence-electron chi connectivity index (χ4n) is 1.43. The highest BCUT2D eigenvalue weighted by molar-refractivity contribution is 8.31. The predicted octanol–water partition coefficient (Wildman–Crippen LogP) is 1.54. The molecular formula is C9H9OS2. The first-order chi connectivity index (χ1) is 5.92. The second kappa shape index (κ2) is 3.54. The molecule has 0 spiro atoms. The van der Waals surface area contributed by atoms with Crippen molar-refractivity contribution in [2.24, 2.45) is 0 Å². The average molecular weight is 197 g/mol. The molecule has 1 nitrogen and oxygen atoms in total. The van der Waals surface area contributed by atoms with Crippen molar-refractivity contribution in [2.45, 2.75) is 17.7 Å². The van der Waals surface area contributed by atoms with Gasteiger partial charge in [-0.3, -0.25) is 0 Å². The van der Waals surface area contributed by atoms with Gasteiger partial charge in [0.2, 0.25) is 0 Å². The van der Waals surface area contributed by atoms with E-state index in [4.69, 9.17) is 0 Å². The zero-order valence-corrected chi connectivity index (χ0v) is 8.21. The molecule has 3 heteroatoms. The minimum absolute atomic E-state index is 0.0967. The van der Waals surface area contributed by atoms with Crippen molar-refractivity contribution < 1.29 is 4.21 Å². The van der Waals surface area contributed by atoms with Crippen LogP contribution >= 0.6 is 0 Å². The maximum absolute atomic E-state index is 10.8. The highest BCUT2D eigenvalue weighted by Crippen LogP contribution is 2.21. The van der Waals surface area contributed by atoms with Crippen LogP contribution in [0, 0.1) is 6.07 Å². The normalized spacial score (nSPS) is 21.5. The van der Waals surface area contributed by atoms with Crippen LogP contribution in [0.1, 0.15) is 12.0 Å². The number of fused-ring (bicyclic) bond motifs is 1. The quantitative estimate of drug-likeness (QED) is 0.616. The smallest absolute Gasteiger partial charge is 0.125 e. The lowest BCUT2D eigenvalue weighted by molar-refractivity contribution is 0.701. The Kier molecular flexibility index (Phi) is 2.42. The highest BCUT2D eigenvalue weighted by atomic mass is 32.8. The Hall–Kier alpha value is -0.410. The minimum atomic E-state index is -0.0967. The summed E-state index contributed by atoms with van der Waals surface area (Å²) in [5.74, 6) is 1.05. The number of aryl methyl sites for hydroxylation is 1. The monoisotopic (exact) mass is 197 g/mol. The minimum Gasteiger partial charge on any atom is -0.205 e. The second-order valence-electron chi connectivity index (χ2n) is 2.73. The van der Waals surface area contributed by atoms with E-state index < -0.39 is 0 Å². The fraction of sp³-hybridized carbons (Fsp3) is 0.333. The van der Waals surface area contributed by atoms with Crippen LogP contribution in [-0.2, 0) is 26.1 Å². The predicted molar refractivity (Wildman–Crippen MR) is 52.2 cm³/mol. The summed E-state index contributed by atoms with van der Waals surface area (Å²) < 4.78 is 10.8. The van der Waals surface area contributed by atoms with E-state index >= 15 is 0 Å². The van der Waals surface area contributed by atoms with Crippen molar-refractivity contribution in [3.8, 4) is 0 Å². The van der Waals surface area contributed by atoms with Crippen LogP contribution in [0.3, 0.4) is 0 Å². The van der Waals surface area contributed by atoms with Gasteiger partial charge in [-0.25, -0.2) is 4.21 Å². The molecule has 0 amide bonds. The molecule has 0 saturated carbocycles. The number of hydrogen-bond acceptors (Lipinski definition) is 1. The van der Waals surface area contributed by atoms with Crippen molar-refractivity contribution >= 4 is 19.7 Å². The van der Waals surface area contributed by atoms with Gasteiger partial charge >= 0.3 is 0 Å². The van der Waals surface area contributed by atoms with Crippen LogP contribution in [0.25, 0.3) is 0 Å². The third kappa shape index (κ3) is 1.39. The molecule has 1 heterocycles. The van der Waals surface area contributed by atoms with E-state index in [9.17, 15) is 4.21 Å². The average Bonchev–Trinajstić information content (AvgIpc) is 2.17. The molecule has 1 unspecified atom stereocenters. The first kappa shape index (κ1) is 8.20. The summed E-state index contributed by atoms with van der Waals surface area (Å²) in [5.41, 5.74) is 1.26. The van der Waals surface area contributed by atoms with Gasteiger partial charge in [0.25, 0.3) is 0 Å². The standard InChI is InChI=1S/C9H9OS2/c10-11-12-7-3-5-8-4-1-2-6-9(8)12/h1-2,6H,3,5,7H2. The molecule has 1 radical (unpaired) electrons. The van der Waals surface area contributed by atoms with Crippen LogP contribution in [0.2, 0.25) is 0 Å². The summed E-state index contributed by atoms with van der Waals surface area (Å²) in [7, 11) is 0.650. The lowest BCUT2D eigenvalue weighted by Crippen LogP contribution is -2.09. The van der Waals surface area contributed by atoms with Crippen molar-refractivity contribution in [1.29, 1.82) is 0 Å². The van der Waals surface area contributed by atoms with E-state index in [2.05, 4.69) is 12.1 Å². The summed E-state index contributed by atoms with van der Waals surface area (Å²) in [6.45, 7) is 0. The van der Waals surface area contributed by atoms with Gasteiger partial charge < -0.3 is 0 Å². The Labute approximate surface area is 77.5 Å². The molecule has 0 saturated heterocycles. The Balaban J connectivity index is 2.58.